The van der Waals surface area contributed by atoms with Gasteiger partial charge in [0.05, 0.1) is 0 Å². The maximum atomic E-state index is 11.8. The van der Waals surface area contributed by atoms with Crippen LogP contribution in [0.3, 0.4) is 0 Å². The first-order valence-electron chi connectivity index (χ1n) is 4.09. The van der Waals surface area contributed by atoms with Gasteiger partial charge in [-0.15, -0.1) is 0 Å². The Hall–Kier alpha value is -0.910. The van der Waals surface area contributed by atoms with Crippen LogP contribution in [0.1, 0.15) is 16.8 Å². The SMILES string of the molecule is O=C(CC(F)(F)F)C(=O)c1ccccc1.[Ag]. The minimum absolute atomic E-state index is 0. The van der Waals surface area contributed by atoms with Crippen molar-refractivity contribution in [1.82, 2.24) is 0 Å². The predicted molar refractivity (Wildman–Crippen MR) is 46.5 cm³/mol. The molecule has 0 spiro atoms. The number of rotatable bonds is 3. The maximum Gasteiger partial charge on any atom is 0.396 e. The first kappa shape index (κ1) is 15.1. The second kappa shape index (κ2) is 5.98. The number of ketones is 2. The van der Waals surface area contributed by atoms with E-state index in [0.717, 1.165) is 0 Å². The standard InChI is InChI=1S/C10H7F3O2.Ag/c11-10(12,13)6-8(14)9(15)7-4-2-1-3-5-7;/h1-5H,6H2;. The van der Waals surface area contributed by atoms with Gasteiger partial charge < -0.3 is 0 Å². The van der Waals surface area contributed by atoms with Gasteiger partial charge in [0.2, 0.25) is 11.6 Å². The van der Waals surface area contributed by atoms with Gasteiger partial charge in [-0.25, -0.2) is 0 Å². The molecular weight excluding hydrogens is 317 g/mol. The van der Waals surface area contributed by atoms with Gasteiger partial charge in [0, 0.05) is 27.9 Å². The minimum Gasteiger partial charge on any atom is -0.290 e. The Kier molecular flexibility index (Phi) is 5.64. The summed E-state index contributed by atoms with van der Waals surface area (Å²) in [4.78, 5) is 22.1. The topological polar surface area (TPSA) is 34.1 Å². The van der Waals surface area contributed by atoms with Gasteiger partial charge in [-0.1, -0.05) is 30.3 Å². The molecule has 0 aliphatic rings. The largest absolute Gasteiger partial charge is 0.396 e. The maximum absolute atomic E-state index is 11.8. The van der Waals surface area contributed by atoms with E-state index in [1.165, 1.54) is 24.3 Å². The fraction of sp³-hybridized carbons (Fsp3) is 0.200. The average Bonchev–Trinajstić information content (AvgIpc) is 2.15. The van der Waals surface area contributed by atoms with Gasteiger partial charge in [-0.05, 0) is 0 Å². The Bertz CT molecular complexity index is 373. The van der Waals surface area contributed by atoms with Crippen LogP contribution < -0.4 is 0 Å². The van der Waals surface area contributed by atoms with Gasteiger partial charge >= 0.3 is 6.18 Å². The van der Waals surface area contributed by atoms with Gasteiger partial charge in [0.25, 0.3) is 0 Å². The first-order valence-corrected chi connectivity index (χ1v) is 4.09. The molecule has 0 heterocycles. The molecule has 1 aromatic carbocycles. The van der Waals surface area contributed by atoms with E-state index in [0.29, 0.717) is 0 Å². The van der Waals surface area contributed by atoms with E-state index in [4.69, 9.17) is 0 Å². The number of hydrogen-bond donors (Lipinski definition) is 0. The number of carbonyl (C=O) groups excluding carboxylic acids is 2. The molecule has 91 valence electrons. The molecular formula is C10H7AgF3O2. The zero-order chi connectivity index (χ0) is 11.5. The average molecular weight is 324 g/mol. The van der Waals surface area contributed by atoms with Crippen molar-refractivity contribution in [3.63, 3.8) is 0 Å². The molecule has 0 N–H and O–H groups in total. The van der Waals surface area contributed by atoms with E-state index in [-0.39, 0.29) is 27.9 Å². The van der Waals surface area contributed by atoms with E-state index in [1.54, 1.807) is 6.07 Å². The number of hydrogen-bond acceptors (Lipinski definition) is 2. The van der Waals surface area contributed by atoms with Crippen LogP contribution in [0.25, 0.3) is 0 Å². The molecule has 6 heteroatoms. The summed E-state index contributed by atoms with van der Waals surface area (Å²) in [5, 5.41) is 0. The summed E-state index contributed by atoms with van der Waals surface area (Å²) in [6.07, 6.45) is -6.34. The van der Waals surface area contributed by atoms with Crippen molar-refractivity contribution in [3.8, 4) is 0 Å². The molecule has 0 aliphatic heterocycles. The van der Waals surface area contributed by atoms with Crippen molar-refractivity contribution < 1.29 is 45.1 Å². The van der Waals surface area contributed by atoms with Crippen LogP contribution in [0.4, 0.5) is 13.2 Å². The van der Waals surface area contributed by atoms with Crippen LogP contribution in [0, 0.1) is 0 Å². The molecule has 1 radical (unpaired) electrons. The van der Waals surface area contributed by atoms with Gasteiger partial charge in [-0.3, -0.25) is 9.59 Å². The molecule has 2 nitrogen and oxygen atoms in total. The molecule has 0 aromatic heterocycles. The van der Waals surface area contributed by atoms with Gasteiger partial charge in [-0.2, -0.15) is 13.2 Å². The van der Waals surface area contributed by atoms with Crippen molar-refractivity contribution in [1.29, 1.82) is 0 Å². The molecule has 0 amide bonds. The van der Waals surface area contributed by atoms with E-state index in [1.807, 2.05) is 0 Å². The van der Waals surface area contributed by atoms with Crippen LogP contribution in [0.5, 0.6) is 0 Å². The third kappa shape index (κ3) is 4.74. The van der Waals surface area contributed by atoms with Crippen LogP contribution in [-0.2, 0) is 27.2 Å². The van der Waals surface area contributed by atoms with E-state index in [9.17, 15) is 22.8 Å². The smallest absolute Gasteiger partial charge is 0.290 e. The van der Waals surface area contributed by atoms with Crippen LogP contribution in [0.2, 0.25) is 0 Å². The van der Waals surface area contributed by atoms with Crippen LogP contribution in [0.15, 0.2) is 30.3 Å². The summed E-state index contributed by atoms with van der Waals surface area (Å²) in [7, 11) is 0. The second-order valence-electron chi connectivity index (χ2n) is 2.91. The number of carbonyl (C=O) groups is 2. The fourth-order valence-corrected chi connectivity index (χ4v) is 1.01. The Morgan fingerprint density at radius 2 is 1.56 bits per heavy atom. The second-order valence-corrected chi connectivity index (χ2v) is 2.91. The molecule has 1 aromatic rings. The number of Topliss-reactive ketones (excluding diaryl/α,β-unsaturated/α-hetero) is 2. The first-order chi connectivity index (χ1) is 6.90. The summed E-state index contributed by atoms with van der Waals surface area (Å²) < 4.78 is 35.4. The van der Waals surface area contributed by atoms with E-state index < -0.39 is 24.2 Å². The quantitative estimate of drug-likeness (QED) is 0.486. The summed E-state index contributed by atoms with van der Waals surface area (Å²) in [6.45, 7) is 0. The summed E-state index contributed by atoms with van der Waals surface area (Å²) in [6, 6.07) is 7.17. The Labute approximate surface area is 105 Å². The zero-order valence-corrected chi connectivity index (χ0v) is 9.33. The Morgan fingerprint density at radius 3 is 2.00 bits per heavy atom. The van der Waals surface area contributed by atoms with Crippen molar-refractivity contribution >= 4 is 11.6 Å². The van der Waals surface area contributed by atoms with Crippen molar-refractivity contribution in [3.05, 3.63) is 35.9 Å². The Morgan fingerprint density at radius 1 is 1.06 bits per heavy atom. The van der Waals surface area contributed by atoms with Crippen LogP contribution in [-0.4, -0.2) is 17.7 Å². The Balaban J connectivity index is 0.00000225. The monoisotopic (exact) mass is 323 g/mol. The summed E-state index contributed by atoms with van der Waals surface area (Å²) >= 11 is 0. The molecule has 0 saturated carbocycles. The number of alkyl halides is 3. The van der Waals surface area contributed by atoms with Crippen molar-refractivity contribution in [2.45, 2.75) is 12.6 Å². The molecule has 0 aliphatic carbocycles. The van der Waals surface area contributed by atoms with Crippen molar-refractivity contribution in [2.24, 2.45) is 0 Å². The molecule has 0 saturated heterocycles. The number of benzene rings is 1. The summed E-state index contributed by atoms with van der Waals surface area (Å²) in [5.41, 5.74) is -0.0215. The third-order valence-corrected chi connectivity index (χ3v) is 1.65. The van der Waals surface area contributed by atoms with Crippen molar-refractivity contribution in [2.75, 3.05) is 0 Å². The number of halogens is 3. The van der Waals surface area contributed by atoms with Crippen LogP contribution >= 0.6 is 0 Å². The predicted octanol–water partition coefficient (Wildman–Crippen LogP) is 2.39. The fourth-order valence-electron chi connectivity index (χ4n) is 1.01. The minimum atomic E-state index is -4.64. The third-order valence-electron chi connectivity index (χ3n) is 1.65. The molecule has 0 unspecified atom stereocenters. The molecule has 16 heavy (non-hydrogen) atoms. The van der Waals surface area contributed by atoms with E-state index in [2.05, 4.69) is 0 Å². The molecule has 1 rings (SSSR count). The van der Waals surface area contributed by atoms with Gasteiger partial charge in [0.15, 0.2) is 0 Å². The molecule has 0 bridgehead atoms. The normalized spacial score (nSPS) is 10.4. The summed E-state index contributed by atoms with van der Waals surface area (Å²) in [5.74, 6) is -2.54. The zero-order valence-electron chi connectivity index (χ0n) is 7.85. The van der Waals surface area contributed by atoms with E-state index >= 15 is 0 Å². The molecule has 0 atom stereocenters. The molecule has 0 fully saturated rings. The van der Waals surface area contributed by atoms with Gasteiger partial charge in [0.1, 0.15) is 6.42 Å².